The maximum Gasteiger partial charge on any atom is 0.275 e. The average molecular weight is 378 g/mol. The van der Waals surface area contributed by atoms with Gasteiger partial charge in [-0.3, -0.25) is 9.59 Å². The minimum atomic E-state index is -0.252. The van der Waals surface area contributed by atoms with Gasteiger partial charge in [-0.05, 0) is 25.1 Å². The Morgan fingerprint density at radius 3 is 2.67 bits per heavy atom. The van der Waals surface area contributed by atoms with Crippen LogP contribution in [0.2, 0.25) is 0 Å². The summed E-state index contributed by atoms with van der Waals surface area (Å²) in [7, 11) is 0. The molecule has 2 aromatic heterocycles. The van der Waals surface area contributed by atoms with Gasteiger partial charge in [-0.1, -0.05) is 30.3 Å². The fraction of sp³-hybridized carbons (Fsp3) is 0.200. The smallest absolute Gasteiger partial charge is 0.275 e. The summed E-state index contributed by atoms with van der Waals surface area (Å²) in [5, 5.41) is 9.49. The summed E-state index contributed by atoms with van der Waals surface area (Å²) in [5.74, 6) is -0.236. The zero-order valence-corrected chi connectivity index (χ0v) is 15.6. The Balaban J connectivity index is 1.41. The van der Waals surface area contributed by atoms with E-state index in [2.05, 4.69) is 15.4 Å². The number of hydrogen-bond acceptors (Lipinski definition) is 5. The molecule has 1 N–H and O–H groups in total. The molecule has 0 fully saturated rings. The van der Waals surface area contributed by atoms with Gasteiger partial charge in [-0.2, -0.15) is 5.10 Å². The molecule has 4 rings (SSSR count). The van der Waals surface area contributed by atoms with Crippen LogP contribution in [-0.4, -0.2) is 27.2 Å². The lowest BCUT2D eigenvalue weighted by Gasteiger charge is -2.09. The van der Waals surface area contributed by atoms with Gasteiger partial charge in [0.2, 0.25) is 5.91 Å². The van der Waals surface area contributed by atoms with Crippen molar-refractivity contribution in [2.75, 3.05) is 6.54 Å². The second kappa shape index (κ2) is 7.28. The summed E-state index contributed by atoms with van der Waals surface area (Å²) in [4.78, 5) is 29.3. The highest BCUT2D eigenvalue weighted by Crippen LogP contribution is 2.21. The van der Waals surface area contributed by atoms with Crippen LogP contribution in [0.25, 0.3) is 21.0 Å². The minimum Gasteiger partial charge on any atom is -0.354 e. The van der Waals surface area contributed by atoms with Crippen molar-refractivity contribution >= 4 is 38.2 Å². The summed E-state index contributed by atoms with van der Waals surface area (Å²) in [6.45, 7) is 2.22. The van der Waals surface area contributed by atoms with E-state index in [1.165, 1.54) is 4.68 Å². The number of carbonyl (C=O) groups excluding carboxylic acids is 1. The number of carbonyl (C=O) groups is 1. The molecule has 2 aromatic carbocycles. The molecule has 4 aromatic rings. The van der Waals surface area contributed by atoms with Gasteiger partial charge in [-0.15, -0.1) is 11.3 Å². The lowest BCUT2D eigenvalue weighted by atomic mass is 10.1. The Morgan fingerprint density at radius 2 is 1.85 bits per heavy atom. The molecule has 1 amide bonds. The van der Waals surface area contributed by atoms with Crippen molar-refractivity contribution in [3.05, 3.63) is 69.6 Å². The number of benzene rings is 2. The van der Waals surface area contributed by atoms with Crippen LogP contribution in [0.15, 0.2) is 53.3 Å². The van der Waals surface area contributed by atoms with Crippen LogP contribution in [0.4, 0.5) is 0 Å². The molecule has 6 nitrogen and oxygen atoms in total. The number of thiazole rings is 1. The van der Waals surface area contributed by atoms with Crippen LogP contribution in [0.1, 0.15) is 10.7 Å². The molecule has 0 spiro atoms. The number of fused-ring (bicyclic) bond motifs is 2. The van der Waals surface area contributed by atoms with Crippen LogP contribution in [0.5, 0.6) is 0 Å². The molecule has 2 heterocycles. The van der Waals surface area contributed by atoms with Gasteiger partial charge in [0.15, 0.2) is 0 Å². The molecular formula is C20H18N4O2S. The highest BCUT2D eigenvalue weighted by Gasteiger charge is 2.11. The van der Waals surface area contributed by atoms with Crippen LogP contribution in [-0.2, 0) is 17.8 Å². The highest BCUT2D eigenvalue weighted by atomic mass is 32.1. The molecule has 0 aliphatic heterocycles. The Bertz CT molecular complexity index is 1160. The molecular weight excluding hydrogens is 360 g/mol. The van der Waals surface area contributed by atoms with E-state index in [0.717, 1.165) is 26.3 Å². The monoisotopic (exact) mass is 378 g/mol. The number of amides is 1. The van der Waals surface area contributed by atoms with Gasteiger partial charge in [-0.25, -0.2) is 9.67 Å². The van der Waals surface area contributed by atoms with Crippen molar-refractivity contribution in [3.63, 3.8) is 0 Å². The number of aromatic nitrogens is 3. The van der Waals surface area contributed by atoms with Crippen molar-refractivity contribution < 1.29 is 4.79 Å². The summed E-state index contributed by atoms with van der Waals surface area (Å²) in [5.41, 5.74) is 1.45. The van der Waals surface area contributed by atoms with Gasteiger partial charge in [0.25, 0.3) is 5.56 Å². The Kier molecular flexibility index (Phi) is 4.68. The predicted octanol–water partition coefficient (Wildman–Crippen LogP) is 2.67. The molecule has 7 heteroatoms. The van der Waals surface area contributed by atoms with Gasteiger partial charge < -0.3 is 5.32 Å². The van der Waals surface area contributed by atoms with Crippen LogP contribution in [0.3, 0.4) is 0 Å². The van der Waals surface area contributed by atoms with Gasteiger partial charge in [0.05, 0.1) is 26.3 Å². The molecule has 0 saturated carbocycles. The lowest BCUT2D eigenvalue weighted by molar-refractivity contribution is -0.121. The average Bonchev–Trinajstić information content (AvgIpc) is 3.09. The fourth-order valence-electron chi connectivity index (χ4n) is 3.04. The number of aryl methyl sites for hydroxylation is 1. The van der Waals surface area contributed by atoms with E-state index < -0.39 is 0 Å². The number of para-hydroxylation sites is 1. The van der Waals surface area contributed by atoms with E-state index >= 15 is 0 Å². The van der Waals surface area contributed by atoms with Gasteiger partial charge >= 0.3 is 0 Å². The van der Waals surface area contributed by atoms with Crippen LogP contribution < -0.4 is 10.9 Å². The molecule has 0 radical (unpaired) electrons. The third-order valence-corrected chi connectivity index (χ3v) is 5.44. The van der Waals surface area contributed by atoms with E-state index in [0.29, 0.717) is 18.4 Å². The molecule has 136 valence electrons. The van der Waals surface area contributed by atoms with E-state index in [1.54, 1.807) is 17.4 Å². The molecule has 0 aliphatic carbocycles. The van der Waals surface area contributed by atoms with Crippen molar-refractivity contribution in [1.29, 1.82) is 0 Å². The van der Waals surface area contributed by atoms with Crippen molar-refractivity contribution in [2.45, 2.75) is 19.9 Å². The van der Waals surface area contributed by atoms with Crippen LogP contribution >= 0.6 is 11.3 Å². The summed E-state index contributed by atoms with van der Waals surface area (Å²) in [6.07, 6.45) is 0.657. The molecule has 27 heavy (non-hydrogen) atoms. The normalized spacial score (nSPS) is 11.1. The fourth-order valence-corrected chi connectivity index (χ4v) is 4.01. The van der Waals surface area contributed by atoms with Crippen LogP contribution in [0, 0.1) is 6.92 Å². The summed E-state index contributed by atoms with van der Waals surface area (Å²) < 4.78 is 2.37. The third kappa shape index (κ3) is 3.59. The maximum absolute atomic E-state index is 12.5. The molecule has 0 saturated heterocycles. The largest absolute Gasteiger partial charge is 0.354 e. The second-order valence-corrected chi connectivity index (χ2v) is 7.38. The van der Waals surface area contributed by atoms with Crippen molar-refractivity contribution in [3.8, 4) is 0 Å². The lowest BCUT2D eigenvalue weighted by Crippen LogP contribution is -2.35. The zero-order chi connectivity index (χ0) is 18.8. The maximum atomic E-state index is 12.5. The molecule has 0 unspecified atom stereocenters. The standard InChI is InChI=1S/C20H18N4O2S/c1-13-14-6-2-3-7-15(14)20(26)24(23-13)12-18(25)21-11-10-19-22-16-8-4-5-9-17(16)27-19/h2-9H,10-12H2,1H3,(H,21,25). The summed E-state index contributed by atoms with van der Waals surface area (Å²) in [6, 6.07) is 15.3. The zero-order valence-electron chi connectivity index (χ0n) is 14.8. The first kappa shape index (κ1) is 17.4. The first-order valence-corrected chi connectivity index (χ1v) is 9.51. The number of nitrogens with zero attached hydrogens (tertiary/aromatic N) is 3. The number of hydrogen-bond donors (Lipinski definition) is 1. The van der Waals surface area contributed by atoms with E-state index in [-0.39, 0.29) is 18.0 Å². The topological polar surface area (TPSA) is 76.9 Å². The quantitative estimate of drug-likeness (QED) is 0.579. The van der Waals surface area contributed by atoms with E-state index in [1.807, 2.05) is 49.4 Å². The van der Waals surface area contributed by atoms with Crippen molar-refractivity contribution in [2.24, 2.45) is 0 Å². The molecule has 0 aliphatic rings. The number of rotatable bonds is 5. The van der Waals surface area contributed by atoms with Crippen molar-refractivity contribution in [1.82, 2.24) is 20.1 Å². The first-order valence-electron chi connectivity index (χ1n) is 8.69. The van der Waals surface area contributed by atoms with E-state index in [4.69, 9.17) is 0 Å². The first-order chi connectivity index (χ1) is 13.1. The SMILES string of the molecule is Cc1nn(CC(=O)NCCc2nc3ccccc3s2)c(=O)c2ccccc12. The summed E-state index contributed by atoms with van der Waals surface area (Å²) >= 11 is 1.63. The molecule has 0 atom stereocenters. The van der Waals surface area contributed by atoms with Gasteiger partial charge in [0.1, 0.15) is 6.54 Å². The van der Waals surface area contributed by atoms with E-state index in [9.17, 15) is 9.59 Å². The second-order valence-electron chi connectivity index (χ2n) is 6.27. The molecule has 0 bridgehead atoms. The minimum absolute atomic E-state index is 0.0929. The number of nitrogens with one attached hydrogen (secondary N) is 1. The predicted molar refractivity (Wildman–Crippen MR) is 107 cm³/mol. The highest BCUT2D eigenvalue weighted by molar-refractivity contribution is 7.18. The Hall–Kier alpha value is -3.06. The Labute approximate surface area is 159 Å². The third-order valence-electron chi connectivity index (χ3n) is 4.34. The Morgan fingerprint density at radius 1 is 1.11 bits per heavy atom. The van der Waals surface area contributed by atoms with Gasteiger partial charge in [0, 0.05) is 18.4 Å².